The number of benzene rings is 2. The molecule has 188 valence electrons. The molecule has 0 unspecified atom stereocenters. The second kappa shape index (κ2) is 11.8. The second-order valence-corrected chi connectivity index (χ2v) is 9.06. The van der Waals surface area contributed by atoms with E-state index in [0.29, 0.717) is 10.8 Å². The number of rotatable bonds is 1. The molecule has 2 aliphatic rings. The van der Waals surface area contributed by atoms with E-state index in [1.54, 1.807) is 23.7 Å². The second-order valence-electron chi connectivity index (χ2n) is 8.72. The van der Waals surface area contributed by atoms with Crippen molar-refractivity contribution in [2.24, 2.45) is 14.1 Å². The van der Waals surface area contributed by atoms with Crippen molar-refractivity contribution in [3.05, 3.63) is 53.3 Å². The summed E-state index contributed by atoms with van der Waals surface area (Å²) < 4.78 is 29.6. The van der Waals surface area contributed by atoms with E-state index in [4.69, 9.17) is 11.6 Å². The average Bonchev–Trinajstić information content (AvgIpc) is 3.36. The number of hydrogen-bond donors (Lipinski definition) is 2. The van der Waals surface area contributed by atoms with Crippen LogP contribution in [0.3, 0.4) is 0 Å². The van der Waals surface area contributed by atoms with Crippen LogP contribution in [-0.4, -0.2) is 58.4 Å². The fourth-order valence-corrected chi connectivity index (χ4v) is 4.44. The van der Waals surface area contributed by atoms with E-state index >= 15 is 0 Å². The Morgan fingerprint density at radius 2 is 1.29 bits per heavy atom. The lowest BCUT2D eigenvalue weighted by molar-refractivity contribution is 0.520. The van der Waals surface area contributed by atoms with Crippen LogP contribution in [0.15, 0.2) is 36.4 Å². The molecule has 0 radical (unpaired) electrons. The van der Waals surface area contributed by atoms with Crippen LogP contribution < -0.4 is 15.5 Å². The van der Waals surface area contributed by atoms with Crippen molar-refractivity contribution in [2.45, 2.75) is 19.3 Å². The van der Waals surface area contributed by atoms with Gasteiger partial charge in [-0.3, -0.25) is 0 Å². The van der Waals surface area contributed by atoms with E-state index in [0.717, 1.165) is 48.7 Å². The van der Waals surface area contributed by atoms with Crippen LogP contribution >= 0.6 is 11.6 Å². The van der Waals surface area contributed by atoms with Gasteiger partial charge in [-0.2, -0.15) is 0 Å². The molecule has 0 amide bonds. The molecule has 0 saturated carbocycles. The van der Waals surface area contributed by atoms with Crippen molar-refractivity contribution in [1.82, 2.24) is 29.7 Å². The largest absolute Gasteiger partial charge is 0.340 e. The highest BCUT2D eigenvalue weighted by molar-refractivity contribution is 6.29. The number of halogens is 3. The first-order valence-corrected chi connectivity index (χ1v) is 12.4. The molecule has 4 heterocycles. The maximum Gasteiger partial charge on any atom is 0.206 e. The molecule has 0 bridgehead atoms. The quantitative estimate of drug-likeness (QED) is 0.406. The van der Waals surface area contributed by atoms with Crippen LogP contribution in [0.25, 0.3) is 22.1 Å². The third-order valence-electron chi connectivity index (χ3n) is 6.21. The van der Waals surface area contributed by atoms with Gasteiger partial charge < -0.3 is 24.7 Å². The molecule has 2 N–H and O–H groups in total. The molecule has 6 rings (SSSR count). The normalized spacial score (nSPS) is 16.0. The Morgan fingerprint density at radius 1 is 0.743 bits per heavy atom. The molecule has 2 aromatic heterocycles. The summed E-state index contributed by atoms with van der Waals surface area (Å²) in [6, 6.07) is 9.15. The molecule has 7 nitrogen and oxygen atoms in total. The van der Waals surface area contributed by atoms with Gasteiger partial charge in [0, 0.05) is 52.4 Å². The van der Waals surface area contributed by atoms with Gasteiger partial charge in [-0.25, -0.2) is 18.7 Å². The van der Waals surface area contributed by atoms with Gasteiger partial charge in [-0.15, -0.1) is 0 Å². The number of piperidine rings is 1. The third kappa shape index (κ3) is 6.28. The fraction of sp³-hybridized carbons (Fsp3) is 0.440. The molecule has 4 aromatic rings. The Morgan fingerprint density at radius 3 is 1.83 bits per heavy atom. The van der Waals surface area contributed by atoms with E-state index < -0.39 is 0 Å². The van der Waals surface area contributed by atoms with Crippen molar-refractivity contribution in [3.63, 3.8) is 0 Å². The van der Waals surface area contributed by atoms with E-state index in [2.05, 4.69) is 25.5 Å². The highest BCUT2D eigenvalue weighted by Gasteiger charge is 2.17. The minimum absolute atomic E-state index is 0.234. The van der Waals surface area contributed by atoms with Crippen molar-refractivity contribution in [2.75, 3.05) is 44.2 Å². The van der Waals surface area contributed by atoms with Gasteiger partial charge in [0.25, 0.3) is 0 Å². The molecule has 0 atom stereocenters. The summed E-state index contributed by atoms with van der Waals surface area (Å²) in [6.07, 6.45) is 4.22. The molecule has 10 heteroatoms. The van der Waals surface area contributed by atoms with Gasteiger partial charge in [0.1, 0.15) is 11.6 Å². The van der Waals surface area contributed by atoms with Crippen LogP contribution in [0.4, 0.5) is 14.7 Å². The number of nitrogens with one attached hydrogen (secondary N) is 2. The van der Waals surface area contributed by atoms with Crippen LogP contribution in [0, 0.1) is 11.6 Å². The maximum atomic E-state index is 13.1. The highest BCUT2D eigenvalue weighted by atomic mass is 35.5. The van der Waals surface area contributed by atoms with Crippen LogP contribution in [0.2, 0.25) is 5.28 Å². The number of nitrogens with zero attached hydrogens (tertiary/aromatic N) is 5. The Kier molecular flexibility index (Phi) is 8.54. The summed E-state index contributed by atoms with van der Waals surface area (Å²) in [5, 5.41) is 6.96. The molecule has 35 heavy (non-hydrogen) atoms. The van der Waals surface area contributed by atoms with Gasteiger partial charge in [0.05, 0.1) is 22.1 Å². The standard InChI is InChI=1S/C12H15FN4.C8H6ClFN2.C5H11N/c1-16-11-3-2-9(13)8-10(11)15-12(16)17-6-4-14-5-7-17;1-12-7-3-2-5(10)4-6(7)11-8(12)9;1-2-4-6-5-3-1/h2-3,8,14H,4-7H2,1H3;2-4H,1H3;6H,1-5H2. The van der Waals surface area contributed by atoms with Crippen LogP contribution in [0.1, 0.15) is 19.3 Å². The van der Waals surface area contributed by atoms with Crippen molar-refractivity contribution in [1.29, 1.82) is 0 Å². The Labute approximate surface area is 209 Å². The number of piperazine rings is 1. The minimum atomic E-state index is -0.294. The first-order valence-electron chi connectivity index (χ1n) is 12.0. The molecule has 0 spiro atoms. The lowest BCUT2D eigenvalue weighted by Gasteiger charge is -2.28. The lowest BCUT2D eigenvalue weighted by Crippen LogP contribution is -2.44. The van der Waals surface area contributed by atoms with Crippen molar-refractivity contribution >= 4 is 39.6 Å². The summed E-state index contributed by atoms with van der Waals surface area (Å²) in [5.74, 6) is 0.395. The molecular formula is C25H32ClF2N7. The summed E-state index contributed by atoms with van der Waals surface area (Å²) in [6.45, 7) is 6.33. The maximum absolute atomic E-state index is 13.1. The van der Waals surface area contributed by atoms with Gasteiger partial charge in [-0.1, -0.05) is 6.42 Å². The SMILES string of the molecule is C1CCNCC1.Cn1c(Cl)nc2cc(F)ccc21.Cn1c(N2CCNCC2)nc2cc(F)ccc21. The zero-order valence-corrected chi connectivity index (χ0v) is 21.0. The van der Waals surface area contributed by atoms with Gasteiger partial charge >= 0.3 is 0 Å². The molecule has 0 aliphatic carbocycles. The first-order chi connectivity index (χ1) is 16.9. The Bertz CT molecular complexity index is 1250. The lowest BCUT2D eigenvalue weighted by atomic mass is 10.2. The van der Waals surface area contributed by atoms with Crippen LogP contribution in [0.5, 0.6) is 0 Å². The van der Waals surface area contributed by atoms with E-state index in [1.807, 2.05) is 11.6 Å². The first kappa shape index (κ1) is 25.3. The molecule has 2 fully saturated rings. The third-order valence-corrected chi connectivity index (χ3v) is 6.55. The van der Waals surface area contributed by atoms with E-state index in [-0.39, 0.29) is 11.6 Å². The molecule has 2 saturated heterocycles. The molecule has 2 aliphatic heterocycles. The van der Waals surface area contributed by atoms with Crippen molar-refractivity contribution in [3.8, 4) is 0 Å². The number of imidazole rings is 2. The number of anilines is 1. The smallest absolute Gasteiger partial charge is 0.206 e. The fourth-order valence-electron chi connectivity index (χ4n) is 4.25. The topological polar surface area (TPSA) is 62.9 Å². The summed E-state index contributed by atoms with van der Waals surface area (Å²) in [4.78, 5) is 10.7. The number of aromatic nitrogens is 4. The molecule has 2 aromatic carbocycles. The summed E-state index contributed by atoms with van der Waals surface area (Å²) >= 11 is 5.73. The average molecular weight is 504 g/mol. The Hall–Kier alpha value is -2.75. The number of aryl methyl sites for hydroxylation is 2. The number of fused-ring (bicyclic) bond motifs is 2. The minimum Gasteiger partial charge on any atom is -0.340 e. The predicted molar refractivity (Wildman–Crippen MR) is 138 cm³/mol. The Balaban J connectivity index is 0.000000139. The predicted octanol–water partition coefficient (Wildman–Crippen LogP) is 4.25. The molecular weight excluding hydrogens is 472 g/mol. The van der Waals surface area contributed by atoms with Gasteiger partial charge in [-0.05, 0) is 61.8 Å². The van der Waals surface area contributed by atoms with E-state index in [1.165, 1.54) is 56.6 Å². The monoisotopic (exact) mass is 503 g/mol. The zero-order chi connectivity index (χ0) is 24.8. The van der Waals surface area contributed by atoms with Crippen LogP contribution in [-0.2, 0) is 14.1 Å². The van der Waals surface area contributed by atoms with E-state index in [9.17, 15) is 8.78 Å². The van der Waals surface area contributed by atoms with Crippen molar-refractivity contribution < 1.29 is 8.78 Å². The highest BCUT2D eigenvalue weighted by Crippen LogP contribution is 2.22. The number of hydrogen-bond acceptors (Lipinski definition) is 5. The zero-order valence-electron chi connectivity index (χ0n) is 20.2. The summed E-state index contributed by atoms with van der Waals surface area (Å²) in [7, 11) is 3.76. The van der Waals surface area contributed by atoms with Gasteiger partial charge in [0.2, 0.25) is 11.2 Å². The summed E-state index contributed by atoms with van der Waals surface area (Å²) in [5.41, 5.74) is 3.12. The van der Waals surface area contributed by atoms with Gasteiger partial charge in [0.15, 0.2) is 0 Å².